The second kappa shape index (κ2) is 8.57. The van der Waals surface area contributed by atoms with E-state index in [1.54, 1.807) is 0 Å². The fourth-order valence-corrected chi connectivity index (χ4v) is 2.17. The van der Waals surface area contributed by atoms with Crippen LogP contribution in [0.4, 0.5) is 4.79 Å². The number of rotatable bonds is 7. The van der Waals surface area contributed by atoms with Gasteiger partial charge in [-0.25, -0.2) is 4.79 Å². The Balaban J connectivity index is 2.00. The molecule has 2 aromatic rings. The maximum Gasteiger partial charge on any atom is 0.315 e. The number of primary amides is 1. The molecule has 0 bridgehead atoms. The number of ether oxygens (including phenoxy) is 1. The van der Waals surface area contributed by atoms with E-state index in [-0.39, 0.29) is 25.0 Å². The molecule has 3 amide bonds. The number of hydrogen-bond donors (Lipinski definition) is 3. The summed E-state index contributed by atoms with van der Waals surface area (Å²) in [6.45, 7) is 2.07. The van der Waals surface area contributed by atoms with E-state index >= 15 is 0 Å². The molecule has 24 heavy (non-hydrogen) atoms. The Morgan fingerprint density at radius 2 is 1.75 bits per heavy atom. The average molecular weight is 327 g/mol. The summed E-state index contributed by atoms with van der Waals surface area (Å²) in [5.41, 5.74) is 5.89. The molecule has 0 aromatic heterocycles. The Morgan fingerprint density at radius 1 is 1.08 bits per heavy atom. The fraction of sp³-hybridized carbons (Fsp3) is 0.222. The van der Waals surface area contributed by atoms with Crippen LogP contribution in [0.3, 0.4) is 0 Å². The van der Waals surface area contributed by atoms with Crippen LogP contribution < -0.4 is 21.1 Å². The van der Waals surface area contributed by atoms with Gasteiger partial charge in [-0.2, -0.15) is 0 Å². The number of amides is 3. The third-order valence-electron chi connectivity index (χ3n) is 3.36. The number of nitrogens with two attached hydrogens (primary N) is 1. The van der Waals surface area contributed by atoms with Gasteiger partial charge in [-0.15, -0.1) is 0 Å². The minimum Gasteiger partial charge on any atom is -0.457 e. The lowest BCUT2D eigenvalue weighted by atomic mass is 10.1. The van der Waals surface area contributed by atoms with E-state index in [1.807, 2.05) is 61.5 Å². The number of hydrogen-bond acceptors (Lipinski definition) is 3. The van der Waals surface area contributed by atoms with E-state index in [1.165, 1.54) is 0 Å². The topological polar surface area (TPSA) is 93.5 Å². The Hall–Kier alpha value is -3.02. The summed E-state index contributed by atoms with van der Waals surface area (Å²) in [4.78, 5) is 22.5. The monoisotopic (exact) mass is 327 g/mol. The van der Waals surface area contributed by atoms with Crippen molar-refractivity contribution in [3.63, 3.8) is 0 Å². The van der Waals surface area contributed by atoms with Crippen molar-refractivity contribution >= 4 is 11.9 Å². The molecular weight excluding hydrogens is 306 g/mol. The maximum absolute atomic E-state index is 11.9. The van der Waals surface area contributed by atoms with Crippen LogP contribution in [0.1, 0.15) is 24.9 Å². The molecule has 2 rings (SSSR count). The highest BCUT2D eigenvalue weighted by Gasteiger charge is 2.14. The summed E-state index contributed by atoms with van der Waals surface area (Å²) >= 11 is 0. The van der Waals surface area contributed by atoms with Crippen LogP contribution in [-0.4, -0.2) is 18.5 Å². The van der Waals surface area contributed by atoms with Gasteiger partial charge in [0.1, 0.15) is 11.5 Å². The summed E-state index contributed by atoms with van der Waals surface area (Å²) in [5.74, 6) is 0.946. The van der Waals surface area contributed by atoms with E-state index in [4.69, 9.17) is 10.5 Å². The lowest BCUT2D eigenvalue weighted by molar-refractivity contribution is -0.117. The lowest BCUT2D eigenvalue weighted by Gasteiger charge is -2.18. The number of carbonyl (C=O) groups is 2. The number of carbonyl (C=O) groups excluding carboxylic acids is 2. The predicted molar refractivity (Wildman–Crippen MR) is 91.7 cm³/mol. The molecule has 0 heterocycles. The van der Waals surface area contributed by atoms with Crippen LogP contribution in [-0.2, 0) is 4.79 Å². The van der Waals surface area contributed by atoms with Gasteiger partial charge in [-0.05, 0) is 25.1 Å². The van der Waals surface area contributed by atoms with Crippen molar-refractivity contribution in [2.24, 2.45) is 5.73 Å². The Bertz CT molecular complexity index is 689. The smallest absolute Gasteiger partial charge is 0.315 e. The minimum atomic E-state index is -0.454. The first kappa shape index (κ1) is 17.3. The second-order valence-corrected chi connectivity index (χ2v) is 5.29. The standard InChI is InChI=1S/C18H21N3O3/c1-13(21-18(23)20-12-11-17(19)22)15-9-5-6-10-16(15)24-14-7-3-2-4-8-14/h2-10,13H,11-12H2,1H3,(H2,19,22)(H2,20,21,23). The van der Waals surface area contributed by atoms with Crippen molar-refractivity contribution in [2.75, 3.05) is 6.54 Å². The Labute approximate surface area is 141 Å². The van der Waals surface area contributed by atoms with Crippen LogP contribution in [0.2, 0.25) is 0 Å². The van der Waals surface area contributed by atoms with Crippen molar-refractivity contribution in [3.05, 3.63) is 60.2 Å². The summed E-state index contributed by atoms with van der Waals surface area (Å²) in [5, 5.41) is 5.41. The molecule has 2 aromatic carbocycles. The van der Waals surface area contributed by atoms with Gasteiger partial charge in [-0.1, -0.05) is 36.4 Å². The van der Waals surface area contributed by atoms with Crippen molar-refractivity contribution < 1.29 is 14.3 Å². The molecule has 0 saturated heterocycles. The molecular formula is C18H21N3O3. The maximum atomic E-state index is 11.9. The molecule has 4 N–H and O–H groups in total. The molecule has 0 saturated carbocycles. The third-order valence-corrected chi connectivity index (χ3v) is 3.36. The van der Waals surface area contributed by atoms with E-state index in [0.717, 1.165) is 11.3 Å². The SMILES string of the molecule is CC(NC(=O)NCCC(N)=O)c1ccccc1Oc1ccccc1. The molecule has 6 heteroatoms. The number of nitrogens with one attached hydrogen (secondary N) is 2. The van der Waals surface area contributed by atoms with Crippen LogP contribution in [0.25, 0.3) is 0 Å². The van der Waals surface area contributed by atoms with Gasteiger partial charge in [-0.3, -0.25) is 4.79 Å². The molecule has 1 atom stereocenters. The first-order valence-corrected chi connectivity index (χ1v) is 7.71. The van der Waals surface area contributed by atoms with E-state index < -0.39 is 5.91 Å². The molecule has 0 fully saturated rings. The van der Waals surface area contributed by atoms with Gasteiger partial charge < -0.3 is 21.1 Å². The van der Waals surface area contributed by atoms with Crippen molar-refractivity contribution in [2.45, 2.75) is 19.4 Å². The molecule has 126 valence electrons. The Morgan fingerprint density at radius 3 is 2.46 bits per heavy atom. The first-order chi connectivity index (χ1) is 11.6. The normalized spacial score (nSPS) is 11.4. The van der Waals surface area contributed by atoms with Crippen molar-refractivity contribution in [3.8, 4) is 11.5 Å². The summed E-state index contributed by atoms with van der Waals surface area (Å²) in [6.07, 6.45) is 0.107. The van der Waals surface area contributed by atoms with Gasteiger partial charge in [0.25, 0.3) is 0 Å². The molecule has 0 aliphatic heterocycles. The highest BCUT2D eigenvalue weighted by Crippen LogP contribution is 2.29. The number of urea groups is 1. The summed E-state index contributed by atoms with van der Waals surface area (Å²) in [6, 6.07) is 16.3. The molecule has 0 aliphatic carbocycles. The van der Waals surface area contributed by atoms with Crippen molar-refractivity contribution in [1.29, 1.82) is 0 Å². The summed E-state index contributed by atoms with van der Waals surface area (Å²) in [7, 11) is 0. The predicted octanol–water partition coefficient (Wildman–Crippen LogP) is 2.71. The van der Waals surface area contributed by atoms with Crippen LogP contribution in [0.5, 0.6) is 11.5 Å². The Kier molecular flexibility index (Phi) is 6.19. The van der Waals surface area contributed by atoms with E-state index in [9.17, 15) is 9.59 Å². The highest BCUT2D eigenvalue weighted by molar-refractivity contribution is 5.77. The third kappa shape index (κ3) is 5.31. The quantitative estimate of drug-likeness (QED) is 0.730. The summed E-state index contributed by atoms with van der Waals surface area (Å²) < 4.78 is 5.89. The van der Waals surface area contributed by atoms with Crippen LogP contribution in [0.15, 0.2) is 54.6 Å². The molecule has 0 aliphatic rings. The molecule has 0 radical (unpaired) electrons. The zero-order valence-corrected chi connectivity index (χ0v) is 13.5. The average Bonchev–Trinajstić information content (AvgIpc) is 2.56. The lowest BCUT2D eigenvalue weighted by Crippen LogP contribution is -2.38. The van der Waals surface area contributed by atoms with Gasteiger partial charge >= 0.3 is 6.03 Å². The second-order valence-electron chi connectivity index (χ2n) is 5.29. The first-order valence-electron chi connectivity index (χ1n) is 7.71. The molecule has 1 unspecified atom stereocenters. The van der Waals surface area contributed by atoms with Gasteiger partial charge in [0.2, 0.25) is 5.91 Å². The van der Waals surface area contributed by atoms with Crippen LogP contribution >= 0.6 is 0 Å². The molecule has 0 spiro atoms. The number of benzene rings is 2. The van der Waals surface area contributed by atoms with E-state index in [2.05, 4.69) is 10.6 Å². The van der Waals surface area contributed by atoms with Crippen LogP contribution in [0, 0.1) is 0 Å². The van der Waals surface area contributed by atoms with E-state index in [0.29, 0.717) is 5.75 Å². The minimum absolute atomic E-state index is 0.107. The van der Waals surface area contributed by atoms with Gasteiger partial charge in [0.05, 0.1) is 6.04 Å². The largest absolute Gasteiger partial charge is 0.457 e. The highest BCUT2D eigenvalue weighted by atomic mass is 16.5. The zero-order valence-electron chi connectivity index (χ0n) is 13.5. The fourth-order valence-electron chi connectivity index (χ4n) is 2.17. The number of para-hydroxylation sites is 2. The van der Waals surface area contributed by atoms with Gasteiger partial charge in [0, 0.05) is 18.5 Å². The zero-order chi connectivity index (χ0) is 17.4. The van der Waals surface area contributed by atoms with Crippen molar-refractivity contribution in [1.82, 2.24) is 10.6 Å². The van der Waals surface area contributed by atoms with Gasteiger partial charge in [0.15, 0.2) is 0 Å². The molecule has 6 nitrogen and oxygen atoms in total.